The highest BCUT2D eigenvalue weighted by Crippen LogP contribution is 2.58. The molecule has 1 aromatic rings. The zero-order valence-electron chi connectivity index (χ0n) is 11.6. The third-order valence-corrected chi connectivity index (χ3v) is 6.49. The van der Waals surface area contributed by atoms with Crippen molar-refractivity contribution in [3.8, 4) is 5.75 Å². The van der Waals surface area contributed by atoms with Gasteiger partial charge in [0.15, 0.2) is 0 Å². The van der Waals surface area contributed by atoms with Crippen molar-refractivity contribution in [1.82, 2.24) is 0 Å². The maximum absolute atomic E-state index is 10.3. The molecule has 2 atom stereocenters. The molecule has 0 spiro atoms. The highest BCUT2D eigenvalue weighted by Gasteiger charge is 2.43. The van der Waals surface area contributed by atoms with Crippen molar-refractivity contribution in [1.29, 1.82) is 0 Å². The van der Waals surface area contributed by atoms with E-state index in [1.54, 1.807) is 28.7 Å². The predicted molar refractivity (Wildman–Crippen MR) is 82.4 cm³/mol. The lowest BCUT2D eigenvalue weighted by molar-refractivity contribution is 0.143. The van der Waals surface area contributed by atoms with Crippen LogP contribution < -0.4 is 4.74 Å². The van der Waals surface area contributed by atoms with Crippen LogP contribution in [-0.4, -0.2) is 23.1 Å². The fraction of sp³-hybridized carbons (Fsp3) is 0.571. The van der Waals surface area contributed by atoms with Gasteiger partial charge in [0.1, 0.15) is 5.75 Å². The zero-order valence-corrected chi connectivity index (χ0v) is 13.3. The second-order valence-corrected chi connectivity index (χ2v) is 7.42. The van der Waals surface area contributed by atoms with Crippen LogP contribution in [0.25, 0.3) is 0 Å². The molecule has 18 heavy (non-hydrogen) atoms. The van der Waals surface area contributed by atoms with Gasteiger partial charge in [0.2, 0.25) is 0 Å². The first-order chi connectivity index (χ1) is 8.54. The smallest absolute Gasteiger partial charge is 0.119 e. The van der Waals surface area contributed by atoms with Gasteiger partial charge >= 0.3 is 0 Å². The van der Waals surface area contributed by atoms with Crippen molar-refractivity contribution in [3.63, 3.8) is 0 Å². The molecule has 1 aliphatic rings. The summed E-state index contributed by atoms with van der Waals surface area (Å²) in [6.07, 6.45) is -0.324. The molecule has 1 aromatic carbocycles. The average molecular weight is 286 g/mol. The molecular formula is C14H22O2S2. The molecule has 2 unspecified atom stereocenters. The molecule has 2 nitrogen and oxygen atoms in total. The molecule has 4 heteroatoms. The molecule has 0 saturated carbocycles. The van der Waals surface area contributed by atoms with Gasteiger partial charge in [-0.25, -0.2) is 0 Å². The summed E-state index contributed by atoms with van der Waals surface area (Å²) in [5, 5.41) is 10.4. The fourth-order valence-corrected chi connectivity index (χ4v) is 5.07. The summed E-state index contributed by atoms with van der Waals surface area (Å²) in [5.41, 5.74) is 1.13. The summed E-state index contributed by atoms with van der Waals surface area (Å²) in [6, 6.07) is 7.94. The van der Waals surface area contributed by atoms with Crippen molar-refractivity contribution < 1.29 is 9.84 Å². The second-order valence-electron chi connectivity index (χ2n) is 4.43. The van der Waals surface area contributed by atoms with Gasteiger partial charge in [0.05, 0.1) is 18.5 Å². The molecule has 1 N–H and O–H groups in total. The van der Waals surface area contributed by atoms with Gasteiger partial charge in [-0.1, -0.05) is 47.6 Å². The molecule has 0 amide bonds. The number of aliphatic hydroxyl groups excluding tert-OH is 1. The fourth-order valence-electron chi connectivity index (χ4n) is 1.70. The highest BCUT2D eigenvalue weighted by atomic mass is 33.1. The summed E-state index contributed by atoms with van der Waals surface area (Å²) in [6.45, 7) is 8.16. The minimum absolute atomic E-state index is 0.0849. The molecule has 1 aliphatic heterocycles. The van der Waals surface area contributed by atoms with E-state index in [1.807, 2.05) is 38.1 Å². The maximum atomic E-state index is 10.3. The summed E-state index contributed by atoms with van der Waals surface area (Å²) >= 11 is 0. The van der Waals surface area contributed by atoms with E-state index in [0.717, 1.165) is 11.3 Å². The van der Waals surface area contributed by atoms with Crippen molar-refractivity contribution in [3.05, 3.63) is 29.8 Å². The molecule has 1 fully saturated rings. The van der Waals surface area contributed by atoms with Crippen LogP contribution in [0.3, 0.4) is 0 Å². The van der Waals surface area contributed by atoms with Crippen LogP contribution in [0.15, 0.2) is 24.3 Å². The van der Waals surface area contributed by atoms with E-state index in [-0.39, 0.29) is 16.1 Å². The lowest BCUT2D eigenvalue weighted by atomic mass is 9.97. The molecule has 0 bridgehead atoms. The van der Waals surface area contributed by atoms with Gasteiger partial charge in [-0.2, -0.15) is 0 Å². The van der Waals surface area contributed by atoms with Gasteiger partial charge in [-0.15, -0.1) is 0 Å². The van der Waals surface area contributed by atoms with E-state index < -0.39 is 0 Å². The number of hydrogen-bond donors (Lipinski definition) is 1. The Morgan fingerprint density at radius 3 is 2.44 bits per heavy atom. The molecule has 2 rings (SSSR count). The molecule has 0 aliphatic carbocycles. The topological polar surface area (TPSA) is 29.5 Å². The third-order valence-electron chi connectivity index (χ3n) is 2.79. The van der Waals surface area contributed by atoms with Crippen LogP contribution in [0.5, 0.6) is 5.75 Å². The first-order valence-corrected chi connectivity index (χ1v) is 8.42. The van der Waals surface area contributed by atoms with Crippen LogP contribution in [-0.2, 0) is 0 Å². The van der Waals surface area contributed by atoms with Crippen molar-refractivity contribution in [2.75, 3.05) is 7.11 Å². The van der Waals surface area contributed by atoms with Crippen LogP contribution in [0.1, 0.15) is 38.5 Å². The minimum atomic E-state index is -0.324. The van der Waals surface area contributed by atoms with E-state index in [1.165, 1.54) is 0 Å². The average Bonchev–Trinajstić information content (AvgIpc) is 2.67. The van der Waals surface area contributed by atoms with Crippen LogP contribution in [0.4, 0.5) is 0 Å². The van der Waals surface area contributed by atoms with Gasteiger partial charge in [-0.05, 0) is 31.5 Å². The van der Waals surface area contributed by atoms with E-state index in [4.69, 9.17) is 4.74 Å². The quantitative estimate of drug-likeness (QED) is 0.821. The van der Waals surface area contributed by atoms with E-state index in [9.17, 15) is 5.11 Å². The SMILES string of the molecule is CC.COc1cccc(C2SSC(C)(C)C2O)c1. The van der Waals surface area contributed by atoms with Crippen LogP contribution >= 0.6 is 21.6 Å². The second kappa shape index (κ2) is 6.73. The standard InChI is InChI=1S/C12H16O2S2.C2H6/c1-12(2)11(13)10(15-16-12)8-5-4-6-9(7-8)14-3;1-2/h4-7,10-11,13H,1-3H3;1-2H3. The monoisotopic (exact) mass is 286 g/mol. The van der Waals surface area contributed by atoms with Crippen molar-refractivity contribution in [2.45, 2.75) is 43.8 Å². The van der Waals surface area contributed by atoms with Crippen LogP contribution in [0, 0.1) is 0 Å². The van der Waals surface area contributed by atoms with E-state index in [0.29, 0.717) is 0 Å². The Balaban J connectivity index is 0.000000771. The first kappa shape index (κ1) is 15.7. The number of ether oxygens (including phenoxy) is 1. The largest absolute Gasteiger partial charge is 0.497 e. The van der Waals surface area contributed by atoms with E-state index >= 15 is 0 Å². The predicted octanol–water partition coefficient (Wildman–Crippen LogP) is 4.30. The lowest BCUT2D eigenvalue weighted by Gasteiger charge is -2.23. The summed E-state index contributed by atoms with van der Waals surface area (Å²) in [5.74, 6) is 0.847. The summed E-state index contributed by atoms with van der Waals surface area (Å²) < 4.78 is 5.12. The zero-order chi connectivity index (χ0) is 13.8. The highest BCUT2D eigenvalue weighted by molar-refractivity contribution is 8.77. The normalized spacial score (nSPS) is 25.2. The molecule has 0 aromatic heterocycles. The Labute approximate surface area is 118 Å². The number of hydrogen-bond acceptors (Lipinski definition) is 4. The molecule has 102 valence electrons. The molecule has 1 saturated heterocycles. The van der Waals surface area contributed by atoms with Gasteiger partial charge in [0.25, 0.3) is 0 Å². The number of rotatable bonds is 2. The van der Waals surface area contributed by atoms with Gasteiger partial charge in [0, 0.05) is 4.75 Å². The number of methoxy groups -OCH3 is 1. The lowest BCUT2D eigenvalue weighted by Crippen LogP contribution is -2.31. The number of benzene rings is 1. The van der Waals surface area contributed by atoms with Gasteiger partial charge in [-0.3, -0.25) is 0 Å². The van der Waals surface area contributed by atoms with Crippen molar-refractivity contribution in [2.24, 2.45) is 0 Å². The summed E-state index contributed by atoms with van der Waals surface area (Å²) in [4.78, 5) is 0. The number of aliphatic hydroxyl groups is 1. The Bertz CT molecular complexity index is 380. The first-order valence-electron chi connectivity index (χ1n) is 6.21. The molecule has 1 heterocycles. The van der Waals surface area contributed by atoms with Crippen molar-refractivity contribution >= 4 is 21.6 Å². The summed E-state index contributed by atoms with van der Waals surface area (Å²) in [7, 11) is 5.15. The van der Waals surface area contributed by atoms with Gasteiger partial charge < -0.3 is 9.84 Å². The Morgan fingerprint density at radius 2 is 1.94 bits per heavy atom. The Morgan fingerprint density at radius 1 is 1.28 bits per heavy atom. The maximum Gasteiger partial charge on any atom is 0.119 e. The Kier molecular flexibility index (Phi) is 5.89. The molecular weight excluding hydrogens is 264 g/mol. The molecule has 0 radical (unpaired) electrons. The van der Waals surface area contributed by atoms with Crippen LogP contribution in [0.2, 0.25) is 0 Å². The third kappa shape index (κ3) is 3.37. The minimum Gasteiger partial charge on any atom is -0.497 e. The Hall–Kier alpha value is -0.320. The van der Waals surface area contributed by atoms with E-state index in [2.05, 4.69) is 13.8 Å².